The Morgan fingerprint density at radius 3 is 2.58 bits per heavy atom. The van der Waals surface area contributed by atoms with Gasteiger partial charge in [0.15, 0.2) is 0 Å². The summed E-state index contributed by atoms with van der Waals surface area (Å²) in [6, 6.07) is 2.09. The zero-order valence-corrected chi connectivity index (χ0v) is 12.3. The van der Waals surface area contributed by atoms with Gasteiger partial charge >= 0.3 is 0 Å². The van der Waals surface area contributed by atoms with Crippen LogP contribution in [0.4, 0.5) is 0 Å². The zero-order valence-electron chi connectivity index (χ0n) is 12.3. The van der Waals surface area contributed by atoms with Crippen LogP contribution in [-0.4, -0.2) is 49.1 Å². The van der Waals surface area contributed by atoms with Gasteiger partial charge in [-0.3, -0.25) is 4.90 Å². The van der Waals surface area contributed by atoms with Crippen LogP contribution in [0.25, 0.3) is 0 Å². The molecule has 0 radical (unpaired) electrons. The molecule has 1 N–H and O–H groups in total. The third kappa shape index (κ3) is 4.34. The van der Waals surface area contributed by atoms with Crippen molar-refractivity contribution in [2.45, 2.75) is 33.4 Å². The van der Waals surface area contributed by atoms with Gasteiger partial charge in [0.25, 0.3) is 0 Å². The van der Waals surface area contributed by atoms with E-state index >= 15 is 0 Å². The Morgan fingerprint density at radius 1 is 1.16 bits per heavy atom. The quantitative estimate of drug-likeness (QED) is 0.816. The standard InChI is InChI=1S/C15H27N3O/c1-3-6-17-7-9-18(10-8-17)13-15-14(5-11-19-15)12-16-4-2/h5,11,16H,3-4,6-10,12-13H2,1-2H3. The highest BCUT2D eigenvalue weighted by Gasteiger charge is 2.18. The van der Waals surface area contributed by atoms with Crippen molar-refractivity contribution in [2.24, 2.45) is 0 Å². The normalized spacial score (nSPS) is 18.0. The SMILES string of the molecule is CCCN1CCN(Cc2occc2CNCC)CC1. The molecule has 1 aromatic rings. The van der Waals surface area contributed by atoms with Crippen LogP contribution < -0.4 is 5.32 Å². The van der Waals surface area contributed by atoms with E-state index < -0.39 is 0 Å². The van der Waals surface area contributed by atoms with Crippen molar-refractivity contribution < 1.29 is 4.42 Å². The summed E-state index contributed by atoms with van der Waals surface area (Å²) in [7, 11) is 0. The van der Waals surface area contributed by atoms with E-state index in [0.717, 1.165) is 38.5 Å². The molecule has 0 saturated carbocycles. The summed E-state index contributed by atoms with van der Waals surface area (Å²) in [5.74, 6) is 1.13. The topological polar surface area (TPSA) is 31.6 Å². The first-order valence-electron chi connectivity index (χ1n) is 7.54. The van der Waals surface area contributed by atoms with Crippen LogP contribution in [0.1, 0.15) is 31.6 Å². The van der Waals surface area contributed by atoms with E-state index in [9.17, 15) is 0 Å². The molecule has 0 spiro atoms. The van der Waals surface area contributed by atoms with Crippen LogP contribution in [0.3, 0.4) is 0 Å². The van der Waals surface area contributed by atoms with Crippen molar-refractivity contribution in [3.8, 4) is 0 Å². The third-order valence-corrected chi connectivity index (χ3v) is 3.78. The first-order chi connectivity index (χ1) is 9.33. The number of hydrogen-bond donors (Lipinski definition) is 1. The molecule has 1 aliphatic rings. The summed E-state index contributed by atoms with van der Waals surface area (Å²) in [4.78, 5) is 5.05. The number of hydrogen-bond acceptors (Lipinski definition) is 4. The van der Waals surface area contributed by atoms with E-state index in [2.05, 4.69) is 35.0 Å². The maximum absolute atomic E-state index is 5.64. The molecule has 0 amide bonds. The maximum Gasteiger partial charge on any atom is 0.122 e. The lowest BCUT2D eigenvalue weighted by atomic mass is 10.2. The van der Waals surface area contributed by atoms with Crippen LogP contribution in [0.5, 0.6) is 0 Å². The zero-order chi connectivity index (χ0) is 13.5. The molecule has 2 rings (SSSR count). The Hall–Kier alpha value is -0.840. The summed E-state index contributed by atoms with van der Waals surface area (Å²) in [5, 5.41) is 3.37. The van der Waals surface area contributed by atoms with E-state index in [-0.39, 0.29) is 0 Å². The molecular weight excluding hydrogens is 238 g/mol. The maximum atomic E-state index is 5.64. The summed E-state index contributed by atoms with van der Waals surface area (Å²) in [5.41, 5.74) is 1.30. The Balaban J connectivity index is 1.80. The molecule has 1 aromatic heterocycles. The van der Waals surface area contributed by atoms with Gasteiger partial charge in [0.05, 0.1) is 12.8 Å². The van der Waals surface area contributed by atoms with Gasteiger partial charge < -0.3 is 14.6 Å². The van der Waals surface area contributed by atoms with Crippen molar-refractivity contribution in [3.05, 3.63) is 23.7 Å². The molecule has 4 heteroatoms. The number of nitrogens with zero attached hydrogens (tertiary/aromatic N) is 2. The van der Waals surface area contributed by atoms with Gasteiger partial charge in [-0.05, 0) is 25.6 Å². The van der Waals surface area contributed by atoms with Crippen LogP contribution in [0.15, 0.2) is 16.7 Å². The van der Waals surface area contributed by atoms with E-state index in [1.54, 1.807) is 0 Å². The molecule has 0 atom stereocenters. The van der Waals surface area contributed by atoms with Crippen LogP contribution in [-0.2, 0) is 13.1 Å². The molecule has 0 unspecified atom stereocenters. The minimum Gasteiger partial charge on any atom is -0.468 e. The highest BCUT2D eigenvalue weighted by Crippen LogP contribution is 2.14. The Morgan fingerprint density at radius 2 is 1.89 bits per heavy atom. The molecule has 1 aliphatic heterocycles. The van der Waals surface area contributed by atoms with Crippen LogP contribution in [0, 0.1) is 0 Å². The predicted octanol–water partition coefficient (Wildman–Crippen LogP) is 1.92. The molecule has 4 nitrogen and oxygen atoms in total. The van der Waals surface area contributed by atoms with Crippen molar-refractivity contribution in [3.63, 3.8) is 0 Å². The molecule has 0 aliphatic carbocycles. The van der Waals surface area contributed by atoms with E-state index in [1.165, 1.54) is 31.6 Å². The smallest absolute Gasteiger partial charge is 0.122 e. The molecule has 2 heterocycles. The number of rotatable bonds is 7. The number of piperazine rings is 1. The first-order valence-corrected chi connectivity index (χ1v) is 7.54. The minimum absolute atomic E-state index is 0.915. The second-order valence-corrected chi connectivity index (χ2v) is 5.27. The highest BCUT2D eigenvalue weighted by atomic mass is 16.3. The Bertz CT molecular complexity index is 356. The largest absolute Gasteiger partial charge is 0.468 e. The molecule has 0 aromatic carbocycles. The first kappa shape index (κ1) is 14.6. The van der Waals surface area contributed by atoms with Crippen LogP contribution >= 0.6 is 0 Å². The summed E-state index contributed by atoms with van der Waals surface area (Å²) < 4.78 is 5.64. The summed E-state index contributed by atoms with van der Waals surface area (Å²) in [6.07, 6.45) is 3.07. The van der Waals surface area contributed by atoms with Gasteiger partial charge in [-0.2, -0.15) is 0 Å². The van der Waals surface area contributed by atoms with Crippen molar-refractivity contribution in [2.75, 3.05) is 39.3 Å². The van der Waals surface area contributed by atoms with Gasteiger partial charge in [0, 0.05) is 38.3 Å². The fourth-order valence-electron chi connectivity index (χ4n) is 2.61. The van der Waals surface area contributed by atoms with Gasteiger partial charge in [-0.1, -0.05) is 13.8 Å². The number of nitrogens with one attached hydrogen (secondary N) is 1. The number of furan rings is 1. The minimum atomic E-state index is 0.915. The Kier molecular flexibility index (Phi) is 5.89. The Labute approximate surface area is 116 Å². The molecule has 1 fully saturated rings. The predicted molar refractivity (Wildman–Crippen MR) is 78.1 cm³/mol. The van der Waals surface area contributed by atoms with Crippen LogP contribution in [0.2, 0.25) is 0 Å². The molecule has 0 bridgehead atoms. The van der Waals surface area contributed by atoms with Gasteiger partial charge in [0.1, 0.15) is 5.76 Å². The molecular formula is C15H27N3O. The summed E-state index contributed by atoms with van der Waals surface area (Å²) >= 11 is 0. The average Bonchev–Trinajstić information content (AvgIpc) is 2.86. The van der Waals surface area contributed by atoms with E-state index in [1.807, 2.05) is 6.26 Å². The molecule has 108 valence electrons. The third-order valence-electron chi connectivity index (χ3n) is 3.78. The van der Waals surface area contributed by atoms with Crippen molar-refractivity contribution >= 4 is 0 Å². The monoisotopic (exact) mass is 265 g/mol. The van der Waals surface area contributed by atoms with Crippen molar-refractivity contribution in [1.82, 2.24) is 15.1 Å². The molecule has 1 saturated heterocycles. The second-order valence-electron chi connectivity index (χ2n) is 5.27. The van der Waals surface area contributed by atoms with E-state index in [0.29, 0.717) is 0 Å². The lowest BCUT2D eigenvalue weighted by molar-refractivity contribution is 0.120. The van der Waals surface area contributed by atoms with Gasteiger partial charge in [-0.25, -0.2) is 0 Å². The lowest BCUT2D eigenvalue weighted by Gasteiger charge is -2.34. The van der Waals surface area contributed by atoms with Gasteiger partial charge in [0.2, 0.25) is 0 Å². The second kappa shape index (κ2) is 7.68. The lowest BCUT2D eigenvalue weighted by Crippen LogP contribution is -2.46. The van der Waals surface area contributed by atoms with Gasteiger partial charge in [-0.15, -0.1) is 0 Å². The summed E-state index contributed by atoms with van der Waals surface area (Å²) in [6.45, 7) is 13.2. The van der Waals surface area contributed by atoms with E-state index in [4.69, 9.17) is 4.42 Å². The fourth-order valence-corrected chi connectivity index (χ4v) is 2.61. The van der Waals surface area contributed by atoms with Crippen molar-refractivity contribution in [1.29, 1.82) is 0 Å². The highest BCUT2D eigenvalue weighted by molar-refractivity contribution is 5.16. The average molecular weight is 265 g/mol. The fraction of sp³-hybridized carbons (Fsp3) is 0.733. The molecule has 19 heavy (non-hydrogen) atoms.